The molecule has 8 atom stereocenters. The number of alkyl halides is 3. The molecule has 0 radical (unpaired) electrons. The van der Waals surface area contributed by atoms with Crippen molar-refractivity contribution < 1.29 is 23.1 Å². The van der Waals surface area contributed by atoms with E-state index in [2.05, 4.69) is 26.8 Å². The van der Waals surface area contributed by atoms with E-state index < -0.39 is 11.8 Å². The van der Waals surface area contributed by atoms with E-state index in [-0.39, 0.29) is 23.2 Å². The van der Waals surface area contributed by atoms with Crippen LogP contribution < -0.4 is 0 Å². The maximum absolute atomic E-state index is 13.1. The summed E-state index contributed by atoms with van der Waals surface area (Å²) in [7, 11) is 0. The molecule has 0 amide bonds. The Labute approximate surface area is 191 Å². The Morgan fingerprint density at radius 2 is 1.88 bits per heavy atom. The number of allylic oxidation sites excluding steroid dienone is 2. The smallest absolute Gasteiger partial charge is 0.381 e. The van der Waals surface area contributed by atoms with Crippen molar-refractivity contribution in [2.24, 2.45) is 40.4 Å². The lowest BCUT2D eigenvalue weighted by Gasteiger charge is -2.57. The van der Waals surface area contributed by atoms with E-state index in [0.29, 0.717) is 48.7 Å². The highest BCUT2D eigenvalue weighted by Crippen LogP contribution is 2.67. The molecule has 4 rings (SSSR count). The first-order valence-electron chi connectivity index (χ1n) is 12.8. The summed E-state index contributed by atoms with van der Waals surface area (Å²) < 4.78 is 39.4. The van der Waals surface area contributed by atoms with Crippen molar-refractivity contribution in [1.29, 1.82) is 0 Å². The maximum Gasteiger partial charge on any atom is 0.416 e. The molecule has 32 heavy (non-hydrogen) atoms. The van der Waals surface area contributed by atoms with Gasteiger partial charge in [0.25, 0.3) is 0 Å². The van der Waals surface area contributed by atoms with Gasteiger partial charge in [-0.2, -0.15) is 13.2 Å². The minimum Gasteiger partial charge on any atom is -0.381 e. The van der Waals surface area contributed by atoms with Crippen LogP contribution in [0.2, 0.25) is 0 Å². The van der Waals surface area contributed by atoms with E-state index in [0.717, 1.165) is 39.0 Å². The summed E-state index contributed by atoms with van der Waals surface area (Å²) >= 11 is 0. The van der Waals surface area contributed by atoms with Gasteiger partial charge < -0.3 is 5.11 Å². The molecule has 0 bridgehead atoms. The molecular formula is C27H41F3O2. The van der Waals surface area contributed by atoms with Gasteiger partial charge in [0, 0.05) is 12.8 Å². The molecule has 5 heteroatoms. The number of halogens is 3. The highest BCUT2D eigenvalue weighted by molar-refractivity contribution is 5.81. The normalized spacial score (nSPS) is 42.8. The molecule has 3 fully saturated rings. The third-order valence-electron chi connectivity index (χ3n) is 10.6. The maximum atomic E-state index is 13.1. The molecule has 1 N–H and O–H groups in total. The Balaban J connectivity index is 1.50. The van der Waals surface area contributed by atoms with Gasteiger partial charge >= 0.3 is 6.18 Å². The molecule has 4 aliphatic rings. The summed E-state index contributed by atoms with van der Waals surface area (Å²) in [6, 6.07) is 0. The quantitative estimate of drug-likeness (QED) is 0.454. The molecule has 0 aliphatic heterocycles. The van der Waals surface area contributed by atoms with E-state index in [1.54, 1.807) is 0 Å². The standard InChI is InChI=1S/C27H41F3O2/c1-17(11-15-26(4,32)27(28,29)30)21-9-10-22-20-8-7-18-16-19(31)6-5-13-24(18,2)23(20)12-14-25(21,22)3/h7,17,20-23,32H,5-6,8-16H2,1-4H3/t17-,20+,21-,22+,23+,24+,25-,26+/m1/s1. The van der Waals surface area contributed by atoms with Crippen molar-refractivity contribution in [2.75, 3.05) is 0 Å². The van der Waals surface area contributed by atoms with Crippen LogP contribution in [0.5, 0.6) is 0 Å². The SMILES string of the molecule is C[C@H](CC[C@](C)(O)C(F)(F)F)[C@H]1CC[C@H]2[C@@H]3CC=C4CC(=O)CCC[C@]4(C)[C@H]3CC[C@]12C. The average molecular weight is 455 g/mol. The van der Waals surface area contributed by atoms with Gasteiger partial charge in [0.1, 0.15) is 5.78 Å². The van der Waals surface area contributed by atoms with Crippen LogP contribution >= 0.6 is 0 Å². The first-order valence-corrected chi connectivity index (χ1v) is 12.8. The molecule has 3 saturated carbocycles. The Hall–Kier alpha value is -0.840. The fraction of sp³-hybridized carbons (Fsp3) is 0.889. The molecular weight excluding hydrogens is 413 g/mol. The molecule has 0 aromatic heterocycles. The number of ketones is 1. The summed E-state index contributed by atoms with van der Waals surface area (Å²) in [6.45, 7) is 7.83. The first-order chi connectivity index (χ1) is 14.8. The highest BCUT2D eigenvalue weighted by Gasteiger charge is 2.59. The number of carbonyl (C=O) groups is 1. The lowest BCUT2D eigenvalue weighted by molar-refractivity contribution is -0.256. The zero-order valence-corrected chi connectivity index (χ0v) is 20.2. The zero-order chi connectivity index (χ0) is 23.5. The van der Waals surface area contributed by atoms with Crippen molar-refractivity contribution in [2.45, 2.75) is 110 Å². The van der Waals surface area contributed by atoms with Gasteiger partial charge in [0.05, 0.1) is 0 Å². The highest BCUT2D eigenvalue weighted by atomic mass is 19.4. The van der Waals surface area contributed by atoms with Crippen LogP contribution in [0.15, 0.2) is 11.6 Å². The van der Waals surface area contributed by atoms with Crippen molar-refractivity contribution in [3.8, 4) is 0 Å². The van der Waals surface area contributed by atoms with E-state index in [1.165, 1.54) is 18.4 Å². The fourth-order valence-electron chi connectivity index (χ4n) is 8.56. The molecule has 4 aliphatic carbocycles. The number of aliphatic hydroxyl groups is 1. The van der Waals surface area contributed by atoms with Crippen molar-refractivity contribution in [3.05, 3.63) is 11.6 Å². The third-order valence-corrected chi connectivity index (χ3v) is 10.6. The van der Waals surface area contributed by atoms with E-state index in [9.17, 15) is 23.1 Å². The van der Waals surface area contributed by atoms with Gasteiger partial charge in [-0.15, -0.1) is 0 Å². The van der Waals surface area contributed by atoms with Gasteiger partial charge in [-0.3, -0.25) is 4.79 Å². The number of hydrogen-bond donors (Lipinski definition) is 1. The second kappa shape index (κ2) is 8.13. The second-order valence-electron chi connectivity index (χ2n) is 12.3. The largest absolute Gasteiger partial charge is 0.416 e. The molecule has 0 unspecified atom stereocenters. The number of carbonyl (C=O) groups excluding carboxylic acids is 1. The summed E-state index contributed by atoms with van der Waals surface area (Å²) in [5.41, 5.74) is -0.894. The Morgan fingerprint density at radius 3 is 2.56 bits per heavy atom. The number of Topliss-reactive ketones (excluding diaryl/α,β-unsaturated/α-hetero) is 1. The van der Waals surface area contributed by atoms with Crippen LogP contribution in [0.25, 0.3) is 0 Å². The van der Waals surface area contributed by atoms with Crippen molar-refractivity contribution >= 4 is 5.78 Å². The van der Waals surface area contributed by atoms with Gasteiger partial charge in [-0.05, 0) is 105 Å². The Morgan fingerprint density at radius 1 is 1.16 bits per heavy atom. The summed E-state index contributed by atoms with van der Waals surface area (Å²) in [5, 5.41) is 9.92. The fourth-order valence-corrected chi connectivity index (χ4v) is 8.56. The molecule has 2 nitrogen and oxygen atoms in total. The van der Waals surface area contributed by atoms with E-state index >= 15 is 0 Å². The average Bonchev–Trinajstić information content (AvgIpc) is 2.96. The second-order valence-corrected chi connectivity index (χ2v) is 12.3. The summed E-state index contributed by atoms with van der Waals surface area (Å²) in [5.74, 6) is 2.87. The minimum atomic E-state index is -4.57. The topological polar surface area (TPSA) is 37.3 Å². The van der Waals surface area contributed by atoms with Gasteiger partial charge in [0.15, 0.2) is 5.60 Å². The van der Waals surface area contributed by atoms with Gasteiger partial charge in [0.2, 0.25) is 0 Å². The van der Waals surface area contributed by atoms with E-state index in [4.69, 9.17) is 0 Å². The zero-order valence-electron chi connectivity index (χ0n) is 20.2. The van der Waals surface area contributed by atoms with Crippen LogP contribution in [-0.2, 0) is 4.79 Å². The lowest BCUT2D eigenvalue weighted by Crippen LogP contribution is -2.49. The Kier molecular flexibility index (Phi) is 6.17. The minimum absolute atomic E-state index is 0.144. The van der Waals surface area contributed by atoms with Crippen LogP contribution in [0, 0.1) is 40.4 Å². The number of rotatable bonds is 4. The number of hydrogen-bond acceptors (Lipinski definition) is 2. The van der Waals surface area contributed by atoms with Crippen molar-refractivity contribution in [1.82, 2.24) is 0 Å². The van der Waals surface area contributed by atoms with Crippen LogP contribution in [-0.4, -0.2) is 22.7 Å². The molecule has 0 aromatic carbocycles. The monoisotopic (exact) mass is 454 g/mol. The van der Waals surface area contributed by atoms with Crippen LogP contribution in [0.3, 0.4) is 0 Å². The van der Waals surface area contributed by atoms with Crippen LogP contribution in [0.4, 0.5) is 13.2 Å². The number of fused-ring (bicyclic) bond motifs is 5. The van der Waals surface area contributed by atoms with Gasteiger partial charge in [-0.25, -0.2) is 0 Å². The predicted molar refractivity (Wildman–Crippen MR) is 120 cm³/mol. The predicted octanol–water partition coefficient (Wildman–Crippen LogP) is 7.25. The molecule has 0 heterocycles. The molecule has 0 aromatic rings. The van der Waals surface area contributed by atoms with Crippen LogP contribution in [0.1, 0.15) is 98.3 Å². The van der Waals surface area contributed by atoms with Gasteiger partial charge in [-0.1, -0.05) is 32.4 Å². The third kappa shape index (κ3) is 3.88. The first kappa shape index (κ1) is 24.3. The van der Waals surface area contributed by atoms with Crippen molar-refractivity contribution in [3.63, 3.8) is 0 Å². The summed E-state index contributed by atoms with van der Waals surface area (Å²) in [4.78, 5) is 12.3. The molecule has 182 valence electrons. The van der Waals surface area contributed by atoms with E-state index in [1.807, 2.05) is 0 Å². The molecule has 0 saturated heterocycles. The molecule has 0 spiro atoms. The summed E-state index contributed by atoms with van der Waals surface area (Å²) in [6.07, 6.45) is 7.10. The Bertz CT molecular complexity index is 769. The lowest BCUT2D eigenvalue weighted by atomic mass is 9.48.